The molecule has 1 aliphatic rings. The molecule has 1 N–H and O–H groups in total. The van der Waals surface area contributed by atoms with E-state index >= 15 is 0 Å². The average Bonchev–Trinajstić information content (AvgIpc) is 2.52. The van der Waals surface area contributed by atoms with Gasteiger partial charge in [-0.05, 0) is 34.1 Å². The van der Waals surface area contributed by atoms with Crippen LogP contribution in [0, 0.1) is 0 Å². The summed E-state index contributed by atoms with van der Waals surface area (Å²) in [5.74, 6) is 1.15. The van der Waals surface area contributed by atoms with Gasteiger partial charge < -0.3 is 15.1 Å². The molecule has 0 saturated carbocycles. The molecule has 1 aliphatic heterocycles. The first-order chi connectivity index (χ1) is 10.1. The third-order valence-corrected chi connectivity index (χ3v) is 4.25. The van der Waals surface area contributed by atoms with Crippen molar-refractivity contribution in [2.24, 2.45) is 0 Å². The monoisotopic (exact) mass is 291 g/mol. The van der Waals surface area contributed by atoms with E-state index in [1.807, 2.05) is 19.3 Å². The Hall–Kier alpha value is -1.17. The van der Waals surface area contributed by atoms with Gasteiger partial charge in [0.15, 0.2) is 0 Å². The van der Waals surface area contributed by atoms with Gasteiger partial charge in [-0.1, -0.05) is 6.07 Å². The predicted octanol–water partition coefficient (Wildman–Crippen LogP) is 1.05. The van der Waals surface area contributed by atoms with Gasteiger partial charge >= 0.3 is 0 Å². The Morgan fingerprint density at radius 3 is 2.62 bits per heavy atom. The van der Waals surface area contributed by atoms with Gasteiger partial charge in [0, 0.05) is 57.1 Å². The number of likely N-dealkylation sites (N-methyl/N-ethyl adjacent to an activating group) is 1. The summed E-state index contributed by atoms with van der Waals surface area (Å²) in [6, 6.07) is 4.54. The minimum absolute atomic E-state index is 0.334. The highest BCUT2D eigenvalue weighted by molar-refractivity contribution is 5.48. The molecule has 5 nitrogen and oxygen atoms in total. The number of pyridine rings is 1. The van der Waals surface area contributed by atoms with Gasteiger partial charge in [0.05, 0.1) is 0 Å². The van der Waals surface area contributed by atoms with Crippen molar-refractivity contribution >= 4 is 5.82 Å². The smallest absolute Gasteiger partial charge is 0.133 e. The Morgan fingerprint density at radius 2 is 2.00 bits per heavy atom. The molecule has 0 bridgehead atoms. The minimum Gasteiger partial charge on any atom is -0.354 e. The molecule has 2 heterocycles. The van der Waals surface area contributed by atoms with Crippen LogP contribution in [0.2, 0.25) is 0 Å². The van der Waals surface area contributed by atoms with Gasteiger partial charge in [0.25, 0.3) is 0 Å². The highest BCUT2D eigenvalue weighted by atomic mass is 15.3. The lowest BCUT2D eigenvalue weighted by atomic mass is 10.1. The average molecular weight is 291 g/mol. The Balaban J connectivity index is 1.96. The van der Waals surface area contributed by atoms with Gasteiger partial charge in [-0.2, -0.15) is 0 Å². The quantitative estimate of drug-likeness (QED) is 0.847. The molecule has 0 spiro atoms. The van der Waals surface area contributed by atoms with Crippen molar-refractivity contribution in [2.45, 2.75) is 13.0 Å². The van der Waals surface area contributed by atoms with Crippen molar-refractivity contribution < 1.29 is 0 Å². The molecule has 0 aromatic carbocycles. The normalized spacial score (nSPS) is 18.2. The van der Waals surface area contributed by atoms with E-state index in [-0.39, 0.29) is 0 Å². The molecule has 1 aromatic rings. The Labute approximate surface area is 128 Å². The third-order valence-electron chi connectivity index (χ3n) is 4.25. The van der Waals surface area contributed by atoms with E-state index in [0.717, 1.165) is 45.1 Å². The maximum atomic E-state index is 4.63. The fourth-order valence-corrected chi connectivity index (χ4v) is 2.69. The summed E-state index contributed by atoms with van der Waals surface area (Å²) in [5, 5.41) is 3.32. The number of aromatic nitrogens is 1. The fraction of sp³-hybridized carbons (Fsp3) is 0.688. The number of nitrogens with one attached hydrogen (secondary N) is 1. The minimum atomic E-state index is 0.334. The molecule has 2 rings (SSSR count). The van der Waals surface area contributed by atoms with E-state index in [9.17, 15) is 0 Å². The van der Waals surface area contributed by atoms with Gasteiger partial charge in [0.1, 0.15) is 5.82 Å². The largest absolute Gasteiger partial charge is 0.354 e. The summed E-state index contributed by atoms with van der Waals surface area (Å²) < 4.78 is 0. The van der Waals surface area contributed by atoms with Crippen LogP contribution < -0.4 is 10.2 Å². The van der Waals surface area contributed by atoms with Gasteiger partial charge in [-0.3, -0.25) is 4.90 Å². The zero-order valence-corrected chi connectivity index (χ0v) is 13.8. The number of nitrogens with zero attached hydrogens (tertiary/aromatic N) is 4. The van der Waals surface area contributed by atoms with E-state index in [2.05, 4.69) is 52.1 Å². The molecule has 0 radical (unpaired) electrons. The topological polar surface area (TPSA) is 34.6 Å². The molecule has 1 fully saturated rings. The van der Waals surface area contributed by atoms with Crippen LogP contribution in [0.1, 0.15) is 18.5 Å². The van der Waals surface area contributed by atoms with Crippen LogP contribution >= 0.6 is 0 Å². The van der Waals surface area contributed by atoms with Crippen molar-refractivity contribution in [3.63, 3.8) is 0 Å². The second-order valence-corrected chi connectivity index (χ2v) is 6.06. The first-order valence-electron chi connectivity index (χ1n) is 7.86. The Bertz CT molecular complexity index is 426. The van der Waals surface area contributed by atoms with E-state index < -0.39 is 0 Å². The fourth-order valence-electron chi connectivity index (χ4n) is 2.69. The molecular weight excluding hydrogens is 262 g/mol. The van der Waals surface area contributed by atoms with E-state index in [1.54, 1.807) is 0 Å². The zero-order valence-electron chi connectivity index (χ0n) is 13.8. The second kappa shape index (κ2) is 7.73. The van der Waals surface area contributed by atoms with Crippen LogP contribution in [0.15, 0.2) is 18.3 Å². The van der Waals surface area contributed by atoms with Crippen molar-refractivity contribution in [3.8, 4) is 0 Å². The van der Waals surface area contributed by atoms with E-state index in [4.69, 9.17) is 0 Å². The van der Waals surface area contributed by atoms with Gasteiger partial charge in [0.2, 0.25) is 0 Å². The summed E-state index contributed by atoms with van der Waals surface area (Å²) in [6.07, 6.45) is 1.90. The lowest BCUT2D eigenvalue weighted by Crippen LogP contribution is -2.48. The van der Waals surface area contributed by atoms with Crippen LogP contribution in [0.5, 0.6) is 0 Å². The first-order valence-corrected chi connectivity index (χ1v) is 7.86. The maximum absolute atomic E-state index is 4.63. The lowest BCUT2D eigenvalue weighted by molar-refractivity contribution is 0.229. The zero-order chi connectivity index (χ0) is 15.2. The molecule has 1 atom stereocenters. The third kappa shape index (κ3) is 4.40. The SMILES string of the molecule is CNC(C)c1cccnc1N1CCN(CCN(C)C)CC1. The van der Waals surface area contributed by atoms with Crippen LogP contribution in [-0.4, -0.2) is 75.2 Å². The summed E-state index contributed by atoms with van der Waals surface area (Å²) >= 11 is 0. The summed E-state index contributed by atoms with van der Waals surface area (Å²) in [4.78, 5) is 11.8. The highest BCUT2D eigenvalue weighted by Gasteiger charge is 2.21. The number of anilines is 1. The number of rotatable bonds is 6. The first kappa shape index (κ1) is 16.2. The van der Waals surface area contributed by atoms with E-state index in [0.29, 0.717) is 6.04 Å². The number of piperazine rings is 1. The Morgan fingerprint density at radius 1 is 1.29 bits per heavy atom. The standard InChI is InChI=1S/C16H29N5/c1-14(17-2)15-6-5-7-18-16(15)21-12-10-20(11-13-21)9-8-19(3)4/h5-7,14,17H,8-13H2,1-4H3. The predicted molar refractivity (Wildman–Crippen MR) is 88.9 cm³/mol. The molecule has 1 saturated heterocycles. The molecule has 1 unspecified atom stereocenters. The maximum Gasteiger partial charge on any atom is 0.133 e. The second-order valence-electron chi connectivity index (χ2n) is 6.06. The van der Waals surface area contributed by atoms with E-state index in [1.165, 1.54) is 5.56 Å². The molecule has 118 valence electrons. The summed E-state index contributed by atoms with van der Waals surface area (Å²) in [7, 11) is 6.27. The Kier molecular flexibility index (Phi) is 5.96. The van der Waals surface area contributed by atoms with Crippen LogP contribution in [0.4, 0.5) is 5.82 Å². The molecular formula is C16H29N5. The molecule has 21 heavy (non-hydrogen) atoms. The number of hydrogen-bond donors (Lipinski definition) is 1. The van der Waals surface area contributed by atoms with Gasteiger partial charge in [-0.15, -0.1) is 0 Å². The van der Waals surface area contributed by atoms with Crippen molar-refractivity contribution in [2.75, 3.05) is 65.3 Å². The van der Waals surface area contributed by atoms with Crippen LogP contribution in [-0.2, 0) is 0 Å². The van der Waals surface area contributed by atoms with Crippen LogP contribution in [0.3, 0.4) is 0 Å². The molecule has 5 heteroatoms. The van der Waals surface area contributed by atoms with Gasteiger partial charge in [-0.25, -0.2) is 4.98 Å². The van der Waals surface area contributed by atoms with Crippen LogP contribution in [0.25, 0.3) is 0 Å². The highest BCUT2D eigenvalue weighted by Crippen LogP contribution is 2.24. The van der Waals surface area contributed by atoms with Crippen molar-refractivity contribution in [1.82, 2.24) is 20.1 Å². The van der Waals surface area contributed by atoms with Crippen molar-refractivity contribution in [1.29, 1.82) is 0 Å². The molecule has 0 amide bonds. The number of hydrogen-bond acceptors (Lipinski definition) is 5. The summed E-state index contributed by atoms with van der Waals surface area (Å²) in [6.45, 7) is 8.85. The van der Waals surface area contributed by atoms with Crippen molar-refractivity contribution in [3.05, 3.63) is 23.9 Å². The molecule has 0 aliphatic carbocycles. The summed E-state index contributed by atoms with van der Waals surface area (Å²) in [5.41, 5.74) is 1.29. The molecule has 1 aromatic heterocycles. The lowest BCUT2D eigenvalue weighted by Gasteiger charge is -2.37.